The van der Waals surface area contributed by atoms with Crippen molar-refractivity contribution in [3.63, 3.8) is 0 Å². The number of aryl methyl sites for hydroxylation is 1. The van der Waals surface area contributed by atoms with E-state index in [0.717, 1.165) is 5.75 Å². The first-order valence-electron chi connectivity index (χ1n) is 7.57. The van der Waals surface area contributed by atoms with E-state index in [2.05, 4.69) is 13.8 Å². The van der Waals surface area contributed by atoms with Gasteiger partial charge in [0.15, 0.2) is 0 Å². The Morgan fingerprint density at radius 1 is 1.16 bits per heavy atom. The van der Waals surface area contributed by atoms with Crippen molar-refractivity contribution >= 4 is 0 Å². The smallest absolute Gasteiger partial charge is 0.120 e. The molecule has 0 aliphatic heterocycles. The number of rotatable bonds is 3. The number of benzene rings is 1. The standard InChI is InChI=1S/C10H15NO.C3H8.2C2H6.H2/c1-8-4-3-5-10(6-8)12-9(2)7-11;1-3-2;2*1-2;/h3-6,9H,7,11H2,1-2H3;3H2,1-2H3;2*1-2H3;1H/t9-;;;;/m0..../s1. The molecule has 0 saturated carbocycles. The van der Waals surface area contributed by atoms with Gasteiger partial charge in [-0.1, -0.05) is 60.1 Å². The van der Waals surface area contributed by atoms with Gasteiger partial charge in [0.1, 0.15) is 11.9 Å². The summed E-state index contributed by atoms with van der Waals surface area (Å²) in [5.41, 5.74) is 6.64. The molecule has 116 valence electrons. The predicted octanol–water partition coefficient (Wildman–Crippen LogP) is 5.44. The highest BCUT2D eigenvalue weighted by atomic mass is 16.5. The van der Waals surface area contributed by atoms with E-state index in [1.54, 1.807) is 0 Å². The van der Waals surface area contributed by atoms with Gasteiger partial charge in [-0.15, -0.1) is 0 Å². The van der Waals surface area contributed by atoms with E-state index in [9.17, 15) is 0 Å². The highest BCUT2D eigenvalue weighted by molar-refractivity contribution is 5.27. The van der Waals surface area contributed by atoms with Crippen LogP contribution in [0.3, 0.4) is 0 Å². The van der Waals surface area contributed by atoms with Crippen molar-refractivity contribution < 1.29 is 6.16 Å². The molecule has 1 aromatic rings. The van der Waals surface area contributed by atoms with Crippen LogP contribution < -0.4 is 10.5 Å². The van der Waals surface area contributed by atoms with Crippen LogP contribution in [0.1, 0.15) is 61.9 Å². The van der Waals surface area contributed by atoms with Crippen LogP contribution >= 0.6 is 0 Å². The minimum Gasteiger partial charge on any atom is -0.489 e. The third-order valence-corrected chi connectivity index (χ3v) is 1.66. The number of ether oxygens (including phenoxy) is 1. The van der Waals surface area contributed by atoms with E-state index in [0.29, 0.717) is 6.54 Å². The molecule has 2 heteroatoms. The SMILES string of the molecule is CC.CC.CCC.Cc1cccc(O[C@@H](C)CN)c1.[HH]. The fraction of sp³-hybridized carbons (Fsp3) is 0.647. The van der Waals surface area contributed by atoms with E-state index in [4.69, 9.17) is 10.5 Å². The lowest BCUT2D eigenvalue weighted by Crippen LogP contribution is -2.22. The molecule has 0 aromatic heterocycles. The van der Waals surface area contributed by atoms with Gasteiger partial charge < -0.3 is 10.5 Å². The Hall–Kier alpha value is -1.02. The van der Waals surface area contributed by atoms with Gasteiger partial charge >= 0.3 is 0 Å². The van der Waals surface area contributed by atoms with Gasteiger partial charge in [-0.3, -0.25) is 0 Å². The lowest BCUT2D eigenvalue weighted by atomic mass is 10.2. The second kappa shape index (κ2) is 19.3. The van der Waals surface area contributed by atoms with Crippen LogP contribution in [-0.4, -0.2) is 12.6 Å². The Balaban J connectivity index is -0.000000138. The fourth-order valence-electron chi connectivity index (χ4n) is 0.969. The van der Waals surface area contributed by atoms with Crippen molar-refractivity contribution in [2.24, 2.45) is 5.73 Å². The molecule has 2 nitrogen and oxygen atoms in total. The first kappa shape index (κ1) is 23.1. The van der Waals surface area contributed by atoms with Crippen LogP contribution in [0, 0.1) is 6.92 Å². The first-order chi connectivity index (χ1) is 9.13. The molecule has 0 amide bonds. The summed E-state index contributed by atoms with van der Waals surface area (Å²) in [6.45, 7) is 16.8. The summed E-state index contributed by atoms with van der Waals surface area (Å²) in [6.07, 6.45) is 1.34. The van der Waals surface area contributed by atoms with Crippen molar-refractivity contribution in [3.05, 3.63) is 29.8 Å². The zero-order valence-corrected chi connectivity index (χ0v) is 14.3. The molecule has 19 heavy (non-hydrogen) atoms. The molecule has 1 atom stereocenters. The van der Waals surface area contributed by atoms with Crippen LogP contribution in [-0.2, 0) is 0 Å². The molecule has 0 bridgehead atoms. The van der Waals surface area contributed by atoms with E-state index < -0.39 is 0 Å². The average molecular weight is 271 g/mol. The average Bonchev–Trinajstić information content (AvgIpc) is 2.44. The molecule has 0 heterocycles. The summed E-state index contributed by atoms with van der Waals surface area (Å²) in [5, 5.41) is 0. The maximum atomic E-state index is 5.52. The summed E-state index contributed by atoms with van der Waals surface area (Å²) in [4.78, 5) is 0. The van der Waals surface area contributed by atoms with Crippen molar-refractivity contribution in [3.8, 4) is 5.75 Å². The van der Waals surface area contributed by atoms with Gasteiger partial charge in [-0.25, -0.2) is 0 Å². The summed E-state index contributed by atoms with van der Waals surface area (Å²) >= 11 is 0. The summed E-state index contributed by atoms with van der Waals surface area (Å²) in [6, 6.07) is 7.97. The Morgan fingerprint density at radius 2 is 1.63 bits per heavy atom. The quantitative estimate of drug-likeness (QED) is 0.795. The molecule has 2 N–H and O–H groups in total. The second-order valence-corrected chi connectivity index (χ2v) is 3.69. The molecule has 0 fully saturated rings. The van der Waals surface area contributed by atoms with Crippen LogP contribution in [0.25, 0.3) is 0 Å². The molecular weight excluding hydrogens is 234 g/mol. The van der Waals surface area contributed by atoms with Crippen LogP contribution in [0.15, 0.2) is 24.3 Å². The Kier molecular flexibility index (Phi) is 23.5. The summed E-state index contributed by atoms with van der Waals surface area (Å²) in [5.74, 6) is 0.896. The van der Waals surface area contributed by atoms with E-state index in [1.165, 1.54) is 12.0 Å². The van der Waals surface area contributed by atoms with Gasteiger partial charge in [-0.05, 0) is 31.5 Å². The number of hydrogen-bond acceptors (Lipinski definition) is 2. The van der Waals surface area contributed by atoms with Gasteiger partial charge in [0.25, 0.3) is 0 Å². The largest absolute Gasteiger partial charge is 0.489 e. The van der Waals surface area contributed by atoms with Crippen molar-refractivity contribution in [2.45, 2.75) is 67.9 Å². The number of nitrogens with two attached hydrogens (primary N) is 1. The van der Waals surface area contributed by atoms with Gasteiger partial charge in [0.2, 0.25) is 0 Å². The molecular formula is C17H37NO. The lowest BCUT2D eigenvalue weighted by Gasteiger charge is -2.12. The molecule has 0 radical (unpaired) electrons. The zero-order valence-electron chi connectivity index (χ0n) is 14.3. The Labute approximate surface area is 122 Å². The third kappa shape index (κ3) is 17.0. The van der Waals surface area contributed by atoms with Crippen LogP contribution in [0.2, 0.25) is 0 Å². The van der Waals surface area contributed by atoms with Crippen molar-refractivity contribution in [1.29, 1.82) is 0 Å². The molecule has 0 aliphatic carbocycles. The van der Waals surface area contributed by atoms with E-state index >= 15 is 0 Å². The highest BCUT2D eigenvalue weighted by Gasteiger charge is 1.99. The number of hydrogen-bond donors (Lipinski definition) is 1. The van der Waals surface area contributed by atoms with Crippen LogP contribution in [0.5, 0.6) is 5.75 Å². The molecule has 0 spiro atoms. The fourth-order valence-corrected chi connectivity index (χ4v) is 0.969. The molecule has 0 aliphatic rings. The third-order valence-electron chi connectivity index (χ3n) is 1.66. The second-order valence-electron chi connectivity index (χ2n) is 3.69. The molecule has 1 aromatic carbocycles. The van der Waals surface area contributed by atoms with Gasteiger partial charge in [0.05, 0.1) is 0 Å². The summed E-state index contributed by atoms with van der Waals surface area (Å²) in [7, 11) is 0. The first-order valence-corrected chi connectivity index (χ1v) is 7.57. The maximum Gasteiger partial charge on any atom is 0.120 e. The van der Waals surface area contributed by atoms with Gasteiger partial charge in [0, 0.05) is 7.97 Å². The maximum absolute atomic E-state index is 5.52. The van der Waals surface area contributed by atoms with E-state index in [-0.39, 0.29) is 7.53 Å². The molecule has 0 saturated heterocycles. The Bertz CT molecular complexity index is 267. The highest BCUT2D eigenvalue weighted by Crippen LogP contribution is 2.13. The van der Waals surface area contributed by atoms with E-state index in [1.807, 2.05) is 65.8 Å². The normalized spacial score (nSPS) is 9.53. The predicted molar refractivity (Wildman–Crippen MR) is 91.1 cm³/mol. The minimum absolute atomic E-state index is 0. The molecule has 1 rings (SSSR count). The van der Waals surface area contributed by atoms with Crippen LogP contribution in [0.4, 0.5) is 0 Å². The summed E-state index contributed by atoms with van der Waals surface area (Å²) < 4.78 is 5.52. The van der Waals surface area contributed by atoms with Crippen molar-refractivity contribution in [2.75, 3.05) is 6.54 Å². The topological polar surface area (TPSA) is 35.2 Å². The monoisotopic (exact) mass is 271 g/mol. The van der Waals surface area contributed by atoms with Crippen molar-refractivity contribution in [1.82, 2.24) is 0 Å². The zero-order chi connectivity index (χ0) is 15.7. The lowest BCUT2D eigenvalue weighted by molar-refractivity contribution is 0.230. The molecule has 0 unspecified atom stereocenters. The minimum atomic E-state index is 0. The van der Waals surface area contributed by atoms with Gasteiger partial charge in [-0.2, -0.15) is 0 Å². The Morgan fingerprint density at radius 3 is 2.00 bits per heavy atom.